The molecule has 1 N–H and O–H groups in total. The molecule has 1 aliphatic rings. The van der Waals surface area contributed by atoms with Crippen molar-refractivity contribution in [3.05, 3.63) is 64.7 Å². The molecule has 2 heterocycles. The molecule has 158 valence electrons. The van der Waals surface area contributed by atoms with Gasteiger partial charge in [0.25, 0.3) is 0 Å². The number of rotatable bonds is 6. The number of aliphatic hydroxyl groups is 1. The molecule has 0 bridgehead atoms. The van der Waals surface area contributed by atoms with Crippen molar-refractivity contribution in [3.8, 4) is 22.9 Å². The summed E-state index contributed by atoms with van der Waals surface area (Å²) in [5.41, 5.74) is 2.71. The molecule has 7 nitrogen and oxygen atoms in total. The first-order valence-electron chi connectivity index (χ1n) is 9.62. The lowest BCUT2D eigenvalue weighted by Crippen LogP contribution is -2.35. The van der Waals surface area contributed by atoms with Gasteiger partial charge in [-0.3, -0.25) is 9.47 Å². The molecule has 0 spiro atoms. The smallest absolute Gasteiger partial charge is 0.185 e. The normalized spacial score (nSPS) is 16.2. The maximum absolute atomic E-state index is 10.8. The molecule has 2 aromatic carbocycles. The summed E-state index contributed by atoms with van der Waals surface area (Å²) in [5, 5.41) is 10.8. The number of ether oxygens (including phenoxy) is 3. The monoisotopic (exact) mass is 427 g/mol. The van der Waals surface area contributed by atoms with Gasteiger partial charge in [-0.05, 0) is 48.6 Å². The van der Waals surface area contributed by atoms with Gasteiger partial charge in [-0.2, -0.15) is 0 Å². The molecule has 0 aliphatic carbocycles. The van der Waals surface area contributed by atoms with E-state index in [1.54, 1.807) is 21.3 Å². The van der Waals surface area contributed by atoms with Crippen LogP contribution in [0.15, 0.2) is 48.8 Å². The molecule has 0 fully saturated rings. The fourth-order valence-corrected chi connectivity index (χ4v) is 4.21. The Bertz CT molecular complexity index is 1090. The summed E-state index contributed by atoms with van der Waals surface area (Å²) < 4.78 is 20.8. The maximum Gasteiger partial charge on any atom is 0.185 e. The van der Waals surface area contributed by atoms with Gasteiger partial charge in [0.2, 0.25) is 0 Å². The van der Waals surface area contributed by atoms with Crippen LogP contribution in [0.4, 0.5) is 0 Å². The van der Waals surface area contributed by atoms with Gasteiger partial charge in [0, 0.05) is 42.3 Å². The van der Waals surface area contributed by atoms with Crippen LogP contribution in [0, 0.1) is 4.77 Å². The average molecular weight is 428 g/mol. The highest BCUT2D eigenvalue weighted by atomic mass is 32.1. The minimum Gasteiger partial charge on any atom is -0.497 e. The Kier molecular flexibility index (Phi) is 5.80. The Hall–Kier alpha value is -2.81. The molecule has 1 aromatic heterocycles. The quantitative estimate of drug-likeness (QED) is 0.607. The third-order valence-electron chi connectivity index (χ3n) is 5.41. The largest absolute Gasteiger partial charge is 0.497 e. The van der Waals surface area contributed by atoms with Crippen LogP contribution >= 0.6 is 12.2 Å². The standard InChI is InChI=1S/C22H25N3O4S/c1-27-16-6-4-15(5-7-16)25-11-10-24(22(25)30)14-23-12-17-19(28-2)8-9-20(29-3)21(17)18(26)13-23/h4-11,18,26H,12-14H2,1-3H3/t18-/m1/s1. The number of hydrogen-bond acceptors (Lipinski definition) is 6. The zero-order chi connectivity index (χ0) is 21.3. The first kappa shape index (κ1) is 20.5. The van der Waals surface area contributed by atoms with Crippen LogP contribution in [-0.2, 0) is 13.2 Å². The lowest BCUT2D eigenvalue weighted by Gasteiger charge is -2.34. The van der Waals surface area contributed by atoms with E-state index in [4.69, 9.17) is 26.4 Å². The van der Waals surface area contributed by atoms with Crippen molar-refractivity contribution in [1.82, 2.24) is 14.0 Å². The Balaban J connectivity index is 1.59. The predicted molar refractivity (Wildman–Crippen MR) is 116 cm³/mol. The molecule has 0 radical (unpaired) electrons. The van der Waals surface area contributed by atoms with Gasteiger partial charge in [0.05, 0.1) is 34.1 Å². The van der Waals surface area contributed by atoms with Crippen molar-refractivity contribution in [1.29, 1.82) is 0 Å². The molecule has 8 heteroatoms. The van der Waals surface area contributed by atoms with Gasteiger partial charge < -0.3 is 23.9 Å². The minimum absolute atomic E-state index is 0.478. The Labute approximate surface area is 180 Å². The third-order valence-corrected chi connectivity index (χ3v) is 5.84. The molecular formula is C22H25N3O4S. The molecule has 3 aromatic rings. The SMILES string of the molecule is COc1ccc(-n2ccn(CN3Cc4c(OC)ccc(OC)c4[C@H](O)C3)c2=S)cc1. The number of methoxy groups -OCH3 is 3. The number of hydrogen-bond donors (Lipinski definition) is 1. The summed E-state index contributed by atoms with van der Waals surface area (Å²) >= 11 is 5.69. The van der Waals surface area contributed by atoms with E-state index in [1.807, 2.05) is 57.9 Å². The van der Waals surface area contributed by atoms with Crippen molar-refractivity contribution in [2.24, 2.45) is 0 Å². The topological polar surface area (TPSA) is 61.0 Å². The van der Waals surface area contributed by atoms with E-state index in [1.165, 1.54) is 0 Å². The van der Waals surface area contributed by atoms with E-state index in [-0.39, 0.29) is 0 Å². The molecule has 0 unspecified atom stereocenters. The number of fused-ring (bicyclic) bond motifs is 1. The second-order valence-corrected chi connectivity index (χ2v) is 7.51. The molecule has 4 rings (SSSR count). The van der Waals surface area contributed by atoms with Crippen LogP contribution < -0.4 is 14.2 Å². The number of imidazole rings is 1. The molecule has 0 saturated carbocycles. The van der Waals surface area contributed by atoms with E-state index in [0.717, 1.165) is 28.3 Å². The van der Waals surface area contributed by atoms with Crippen LogP contribution in [0.5, 0.6) is 17.2 Å². The van der Waals surface area contributed by atoms with Crippen LogP contribution in [0.3, 0.4) is 0 Å². The lowest BCUT2D eigenvalue weighted by atomic mass is 9.95. The molecule has 1 atom stereocenters. The zero-order valence-corrected chi connectivity index (χ0v) is 18.1. The number of aliphatic hydroxyl groups excluding tert-OH is 1. The molecule has 0 saturated heterocycles. The van der Waals surface area contributed by atoms with Gasteiger partial charge in [-0.25, -0.2) is 0 Å². The Morgan fingerprint density at radius 3 is 2.33 bits per heavy atom. The summed E-state index contributed by atoms with van der Waals surface area (Å²) in [7, 11) is 4.90. The highest BCUT2D eigenvalue weighted by Gasteiger charge is 2.29. The Morgan fingerprint density at radius 2 is 1.67 bits per heavy atom. The summed E-state index contributed by atoms with van der Waals surface area (Å²) in [6, 6.07) is 11.5. The fourth-order valence-electron chi connectivity index (χ4n) is 3.93. The fraction of sp³-hybridized carbons (Fsp3) is 0.318. The van der Waals surface area contributed by atoms with Crippen molar-refractivity contribution in [2.45, 2.75) is 19.3 Å². The molecular weight excluding hydrogens is 402 g/mol. The van der Waals surface area contributed by atoms with Crippen LogP contribution in [0.25, 0.3) is 5.69 Å². The number of β-amino-alcohol motifs (C(OH)–C–C–N with tert-alkyl or cyclic N) is 1. The molecule has 1 aliphatic heterocycles. The lowest BCUT2D eigenvalue weighted by molar-refractivity contribution is 0.0700. The van der Waals surface area contributed by atoms with Crippen molar-refractivity contribution in [2.75, 3.05) is 27.9 Å². The van der Waals surface area contributed by atoms with Crippen molar-refractivity contribution >= 4 is 12.2 Å². The van der Waals surface area contributed by atoms with E-state index >= 15 is 0 Å². The van der Waals surface area contributed by atoms with Crippen LogP contribution in [0.2, 0.25) is 0 Å². The second kappa shape index (κ2) is 8.51. The number of aromatic nitrogens is 2. The summed E-state index contributed by atoms with van der Waals surface area (Å²) in [4.78, 5) is 2.14. The third kappa shape index (κ3) is 3.69. The van der Waals surface area contributed by atoms with Crippen molar-refractivity contribution < 1.29 is 19.3 Å². The first-order valence-corrected chi connectivity index (χ1v) is 10.0. The van der Waals surface area contributed by atoms with Gasteiger partial charge in [0.1, 0.15) is 17.2 Å². The van der Waals surface area contributed by atoms with Gasteiger partial charge in [-0.1, -0.05) is 0 Å². The zero-order valence-electron chi connectivity index (χ0n) is 17.2. The van der Waals surface area contributed by atoms with Crippen molar-refractivity contribution in [3.63, 3.8) is 0 Å². The number of benzene rings is 2. The number of nitrogens with zero attached hydrogens (tertiary/aromatic N) is 3. The van der Waals surface area contributed by atoms with E-state index in [0.29, 0.717) is 30.3 Å². The van der Waals surface area contributed by atoms with E-state index in [9.17, 15) is 5.11 Å². The Morgan fingerprint density at radius 1 is 0.967 bits per heavy atom. The van der Waals surface area contributed by atoms with E-state index in [2.05, 4.69) is 4.90 Å². The minimum atomic E-state index is -0.670. The summed E-state index contributed by atoms with van der Waals surface area (Å²) in [6.45, 7) is 1.66. The van der Waals surface area contributed by atoms with Gasteiger partial charge >= 0.3 is 0 Å². The van der Waals surface area contributed by atoms with Crippen LogP contribution in [-0.4, -0.2) is 47.0 Å². The summed E-state index contributed by atoms with van der Waals surface area (Å²) in [6.07, 6.45) is 3.23. The summed E-state index contributed by atoms with van der Waals surface area (Å²) in [5.74, 6) is 2.23. The highest BCUT2D eigenvalue weighted by Crippen LogP contribution is 2.39. The maximum atomic E-state index is 10.8. The first-order chi connectivity index (χ1) is 14.5. The highest BCUT2D eigenvalue weighted by molar-refractivity contribution is 7.71. The van der Waals surface area contributed by atoms with Gasteiger partial charge in [-0.15, -0.1) is 0 Å². The predicted octanol–water partition coefficient (Wildman–Crippen LogP) is 3.54. The molecule has 0 amide bonds. The van der Waals surface area contributed by atoms with Gasteiger partial charge in [0.15, 0.2) is 4.77 Å². The van der Waals surface area contributed by atoms with Crippen LogP contribution in [0.1, 0.15) is 17.2 Å². The second-order valence-electron chi connectivity index (χ2n) is 7.15. The average Bonchev–Trinajstić information content (AvgIpc) is 3.13. The van der Waals surface area contributed by atoms with E-state index < -0.39 is 6.10 Å². The molecule has 30 heavy (non-hydrogen) atoms.